The highest BCUT2D eigenvalue weighted by molar-refractivity contribution is 6.00. The fourth-order valence-electron chi connectivity index (χ4n) is 3.33. The van der Waals surface area contributed by atoms with E-state index in [4.69, 9.17) is 14.4 Å². The van der Waals surface area contributed by atoms with Crippen molar-refractivity contribution in [2.24, 2.45) is 0 Å². The first kappa shape index (κ1) is 19.5. The maximum absolute atomic E-state index is 12.4. The van der Waals surface area contributed by atoms with Gasteiger partial charge in [-0.3, -0.25) is 4.79 Å². The lowest BCUT2D eigenvalue weighted by molar-refractivity contribution is 0.0991. The Morgan fingerprint density at radius 1 is 1.07 bits per heavy atom. The molecule has 3 aromatic rings. The number of nitriles is 1. The molecule has 8 heteroatoms. The fraction of sp³-hybridized carbons (Fsp3) is 0.273. The highest BCUT2D eigenvalue weighted by atomic mass is 16.5. The van der Waals surface area contributed by atoms with Crippen LogP contribution in [0.5, 0.6) is 5.75 Å². The van der Waals surface area contributed by atoms with Gasteiger partial charge in [-0.15, -0.1) is 5.10 Å². The van der Waals surface area contributed by atoms with Crippen molar-refractivity contribution in [2.45, 2.75) is 38.2 Å². The molecule has 1 aliphatic rings. The van der Waals surface area contributed by atoms with Crippen LogP contribution in [0.4, 0.5) is 17.4 Å². The maximum Gasteiger partial charge on any atom is 0.320 e. The smallest absolute Gasteiger partial charge is 0.320 e. The van der Waals surface area contributed by atoms with Crippen molar-refractivity contribution in [2.75, 3.05) is 10.6 Å². The van der Waals surface area contributed by atoms with E-state index in [-0.39, 0.29) is 18.0 Å². The first-order chi connectivity index (χ1) is 14.7. The molecule has 0 saturated heterocycles. The van der Waals surface area contributed by atoms with Gasteiger partial charge in [0.2, 0.25) is 0 Å². The number of anilines is 3. The van der Waals surface area contributed by atoms with E-state index < -0.39 is 5.91 Å². The van der Waals surface area contributed by atoms with Crippen LogP contribution in [0.2, 0.25) is 0 Å². The number of nitrogens with zero attached hydrogens (tertiary/aromatic N) is 3. The van der Waals surface area contributed by atoms with E-state index in [1.807, 2.05) is 12.1 Å². The minimum Gasteiger partial charge on any atom is -0.490 e. The molecule has 1 aromatic heterocycles. The van der Waals surface area contributed by atoms with Gasteiger partial charge in [-0.25, -0.2) is 0 Å². The molecule has 8 nitrogen and oxygen atoms in total. The van der Waals surface area contributed by atoms with E-state index in [0.29, 0.717) is 16.9 Å². The molecule has 4 rings (SSSR count). The molecule has 0 atom stereocenters. The fourth-order valence-corrected chi connectivity index (χ4v) is 3.33. The second kappa shape index (κ2) is 9.09. The Morgan fingerprint density at radius 3 is 2.63 bits per heavy atom. The second-order valence-electron chi connectivity index (χ2n) is 7.09. The van der Waals surface area contributed by atoms with Crippen LogP contribution in [-0.2, 0) is 0 Å². The van der Waals surface area contributed by atoms with Crippen molar-refractivity contribution in [3.63, 3.8) is 0 Å². The number of amides is 1. The SMILES string of the molecule is N#Cc1cccc(Nc2nnc(C(=O)Nc3ccc(OC4CCCCC4)cc3)o2)c1. The van der Waals surface area contributed by atoms with Crippen molar-refractivity contribution in [1.82, 2.24) is 10.2 Å². The van der Waals surface area contributed by atoms with Crippen molar-refractivity contribution in [3.8, 4) is 11.8 Å². The quantitative estimate of drug-likeness (QED) is 0.616. The number of hydrogen-bond donors (Lipinski definition) is 2. The topological polar surface area (TPSA) is 113 Å². The van der Waals surface area contributed by atoms with Crippen molar-refractivity contribution < 1.29 is 13.9 Å². The zero-order chi connectivity index (χ0) is 20.8. The third-order valence-corrected chi connectivity index (χ3v) is 4.83. The lowest BCUT2D eigenvalue weighted by Gasteiger charge is -2.23. The van der Waals surface area contributed by atoms with Crippen molar-refractivity contribution >= 4 is 23.3 Å². The molecular weight excluding hydrogens is 382 g/mol. The minimum atomic E-state index is -0.512. The summed E-state index contributed by atoms with van der Waals surface area (Å²) >= 11 is 0. The average molecular weight is 403 g/mol. The van der Waals surface area contributed by atoms with Crippen LogP contribution in [0, 0.1) is 11.3 Å². The minimum absolute atomic E-state index is 0.0615. The summed E-state index contributed by atoms with van der Waals surface area (Å²) in [6, 6.07) is 16.2. The summed E-state index contributed by atoms with van der Waals surface area (Å²) < 4.78 is 11.4. The Labute approximate surface area is 173 Å². The monoisotopic (exact) mass is 403 g/mol. The maximum atomic E-state index is 12.4. The molecule has 1 heterocycles. The molecule has 1 fully saturated rings. The molecule has 0 spiro atoms. The highest BCUT2D eigenvalue weighted by Gasteiger charge is 2.17. The summed E-state index contributed by atoms with van der Waals surface area (Å²) in [7, 11) is 0. The number of carbonyl (C=O) groups is 1. The Kier molecular flexibility index (Phi) is 5.90. The molecular formula is C22H21N5O3. The summed E-state index contributed by atoms with van der Waals surface area (Å²) in [4.78, 5) is 12.4. The van der Waals surface area contributed by atoms with E-state index in [0.717, 1.165) is 18.6 Å². The Morgan fingerprint density at radius 2 is 1.87 bits per heavy atom. The lowest BCUT2D eigenvalue weighted by Crippen LogP contribution is -2.19. The number of carbonyl (C=O) groups excluding carboxylic acids is 1. The average Bonchev–Trinajstić information content (AvgIpc) is 3.24. The molecule has 0 aliphatic heterocycles. The highest BCUT2D eigenvalue weighted by Crippen LogP contribution is 2.24. The number of nitrogens with one attached hydrogen (secondary N) is 2. The molecule has 1 saturated carbocycles. The van der Waals surface area contributed by atoms with Crippen LogP contribution >= 0.6 is 0 Å². The number of ether oxygens (including phenoxy) is 1. The molecule has 30 heavy (non-hydrogen) atoms. The summed E-state index contributed by atoms with van der Waals surface area (Å²) in [5, 5.41) is 22.1. The summed E-state index contributed by atoms with van der Waals surface area (Å²) in [5.74, 6) is 0.113. The first-order valence-corrected chi connectivity index (χ1v) is 9.88. The van der Waals surface area contributed by atoms with Gasteiger partial charge in [-0.05, 0) is 68.1 Å². The molecule has 152 valence electrons. The number of rotatable bonds is 6. The predicted octanol–water partition coefficient (Wildman–Crippen LogP) is 4.65. The predicted molar refractivity (Wildman–Crippen MR) is 111 cm³/mol. The van der Waals surface area contributed by atoms with Crippen LogP contribution in [0.15, 0.2) is 52.9 Å². The summed E-state index contributed by atoms with van der Waals surface area (Å²) in [5.41, 5.74) is 1.71. The van der Waals surface area contributed by atoms with Gasteiger partial charge in [-0.1, -0.05) is 17.6 Å². The standard InChI is InChI=1S/C22H21N5O3/c23-14-15-5-4-6-17(13-15)25-22-27-26-21(30-22)20(28)24-16-9-11-19(12-10-16)29-18-7-2-1-3-8-18/h4-6,9-13,18H,1-3,7-8H2,(H,24,28)(H,25,27). The number of aromatic nitrogens is 2. The van der Waals surface area contributed by atoms with Gasteiger partial charge in [0.1, 0.15) is 5.75 Å². The van der Waals surface area contributed by atoms with Crippen LogP contribution < -0.4 is 15.4 Å². The zero-order valence-corrected chi connectivity index (χ0v) is 16.3. The molecule has 1 amide bonds. The lowest BCUT2D eigenvalue weighted by atomic mass is 9.98. The van der Waals surface area contributed by atoms with E-state index in [9.17, 15) is 4.79 Å². The number of benzene rings is 2. The molecule has 0 bridgehead atoms. The molecule has 2 aromatic carbocycles. The second-order valence-corrected chi connectivity index (χ2v) is 7.09. The van der Waals surface area contributed by atoms with Crippen LogP contribution in [0.3, 0.4) is 0 Å². The van der Waals surface area contributed by atoms with Crippen molar-refractivity contribution in [1.29, 1.82) is 5.26 Å². The van der Waals surface area contributed by atoms with Gasteiger partial charge >= 0.3 is 17.8 Å². The third-order valence-electron chi connectivity index (χ3n) is 4.83. The zero-order valence-electron chi connectivity index (χ0n) is 16.3. The largest absolute Gasteiger partial charge is 0.490 e. The van der Waals surface area contributed by atoms with Gasteiger partial charge in [0, 0.05) is 11.4 Å². The third kappa shape index (κ3) is 4.94. The molecule has 0 unspecified atom stereocenters. The van der Waals surface area contributed by atoms with Crippen LogP contribution in [0.25, 0.3) is 0 Å². The van der Waals surface area contributed by atoms with Gasteiger partial charge in [0.25, 0.3) is 0 Å². The number of hydrogen-bond acceptors (Lipinski definition) is 7. The normalized spacial score (nSPS) is 14.0. The Balaban J connectivity index is 1.34. The summed E-state index contributed by atoms with van der Waals surface area (Å²) in [6.07, 6.45) is 6.16. The van der Waals surface area contributed by atoms with E-state index >= 15 is 0 Å². The van der Waals surface area contributed by atoms with Gasteiger partial charge < -0.3 is 19.8 Å². The summed E-state index contributed by atoms with van der Waals surface area (Å²) in [6.45, 7) is 0. The first-order valence-electron chi connectivity index (χ1n) is 9.88. The Bertz CT molecular complexity index is 1050. The van der Waals surface area contributed by atoms with Gasteiger partial charge in [0.05, 0.1) is 17.7 Å². The van der Waals surface area contributed by atoms with Crippen molar-refractivity contribution in [3.05, 3.63) is 60.0 Å². The Hall–Kier alpha value is -3.86. The molecule has 2 N–H and O–H groups in total. The van der Waals surface area contributed by atoms with E-state index in [1.165, 1.54) is 19.3 Å². The van der Waals surface area contributed by atoms with E-state index in [2.05, 4.69) is 26.9 Å². The van der Waals surface area contributed by atoms with Crippen LogP contribution in [-0.4, -0.2) is 22.2 Å². The van der Waals surface area contributed by atoms with Gasteiger partial charge in [0.15, 0.2) is 0 Å². The van der Waals surface area contributed by atoms with Gasteiger partial charge in [-0.2, -0.15) is 5.26 Å². The van der Waals surface area contributed by atoms with E-state index in [1.54, 1.807) is 36.4 Å². The van der Waals surface area contributed by atoms with Crippen LogP contribution in [0.1, 0.15) is 48.4 Å². The molecule has 1 aliphatic carbocycles. The molecule has 0 radical (unpaired) electrons.